The molecule has 0 N–H and O–H groups in total. The molecule has 4 heteroatoms. The molecular weight excluding hydrogens is 156 g/mol. The zero-order valence-electron chi connectivity index (χ0n) is 6.02. The summed E-state index contributed by atoms with van der Waals surface area (Å²) in [7, 11) is 0. The van der Waals surface area contributed by atoms with Gasteiger partial charge in [0.1, 0.15) is 17.9 Å². The Bertz CT molecular complexity index is 408. The highest BCUT2D eigenvalue weighted by Gasteiger charge is 2.11. The second-order valence-corrected chi connectivity index (χ2v) is 2.17. The van der Waals surface area contributed by atoms with Crippen LogP contribution in [0.2, 0.25) is 0 Å². The Balaban J connectivity index is 2.55. The Kier molecular flexibility index (Phi) is 1.42. The van der Waals surface area contributed by atoms with Gasteiger partial charge in [-0.05, 0) is 12.1 Å². The number of hydrogen-bond donors (Lipinski definition) is 0. The highest BCUT2D eigenvalue weighted by atomic mass is 16.5. The molecule has 0 aliphatic rings. The Morgan fingerprint density at radius 1 is 1.50 bits per heavy atom. The molecule has 0 radical (unpaired) electrons. The second kappa shape index (κ2) is 2.55. The number of furan rings is 1. The highest BCUT2D eigenvalue weighted by Crippen LogP contribution is 2.21. The maximum absolute atomic E-state index is 8.61. The lowest BCUT2D eigenvalue weighted by atomic mass is 10.2. The Morgan fingerprint density at radius 2 is 2.42 bits per heavy atom. The minimum atomic E-state index is 0.380. The lowest BCUT2D eigenvalue weighted by molar-refractivity contribution is 0.419. The molecule has 2 aromatic heterocycles. The third-order valence-corrected chi connectivity index (χ3v) is 1.44. The van der Waals surface area contributed by atoms with Crippen LogP contribution in [0.4, 0.5) is 0 Å². The van der Waals surface area contributed by atoms with Crippen molar-refractivity contribution in [2.45, 2.75) is 0 Å². The summed E-state index contributed by atoms with van der Waals surface area (Å²) >= 11 is 0. The fraction of sp³-hybridized carbons (Fsp3) is 0. The first-order valence-corrected chi connectivity index (χ1v) is 3.30. The van der Waals surface area contributed by atoms with Crippen molar-refractivity contribution < 1.29 is 8.94 Å². The van der Waals surface area contributed by atoms with Crippen LogP contribution in [-0.2, 0) is 0 Å². The summed E-state index contributed by atoms with van der Waals surface area (Å²) in [5, 5.41) is 12.3. The fourth-order valence-electron chi connectivity index (χ4n) is 0.907. The lowest BCUT2D eigenvalue weighted by Crippen LogP contribution is -1.76. The number of nitriles is 1. The van der Waals surface area contributed by atoms with Crippen LogP contribution in [0, 0.1) is 11.3 Å². The normalized spacial score (nSPS) is 9.58. The van der Waals surface area contributed by atoms with E-state index in [2.05, 4.69) is 9.68 Å². The van der Waals surface area contributed by atoms with Crippen LogP contribution in [0.15, 0.2) is 33.6 Å². The molecule has 0 fully saturated rings. The zero-order chi connectivity index (χ0) is 8.39. The summed E-state index contributed by atoms with van der Waals surface area (Å²) in [6.45, 7) is 0. The van der Waals surface area contributed by atoms with Crippen molar-refractivity contribution in [3.63, 3.8) is 0 Å². The number of rotatable bonds is 1. The van der Waals surface area contributed by atoms with Crippen LogP contribution in [0.25, 0.3) is 11.5 Å². The number of aromatic nitrogens is 1. The topological polar surface area (TPSA) is 63.0 Å². The standard InChI is InChI=1S/C8H4N2O2/c9-4-6-5-12-10-8(6)7-2-1-3-11-7/h1-3,5H. The second-order valence-electron chi connectivity index (χ2n) is 2.17. The number of nitrogens with zero attached hydrogens (tertiary/aromatic N) is 2. The van der Waals surface area contributed by atoms with Gasteiger partial charge < -0.3 is 8.94 Å². The summed E-state index contributed by atoms with van der Waals surface area (Å²) < 4.78 is 9.67. The molecule has 2 aromatic rings. The largest absolute Gasteiger partial charge is 0.463 e. The van der Waals surface area contributed by atoms with Crippen LogP contribution in [0.5, 0.6) is 0 Å². The van der Waals surface area contributed by atoms with Crippen molar-refractivity contribution in [2.24, 2.45) is 0 Å². The molecule has 58 valence electrons. The molecule has 0 atom stereocenters. The third kappa shape index (κ3) is 0.883. The van der Waals surface area contributed by atoms with Gasteiger partial charge in [0.05, 0.1) is 6.26 Å². The molecule has 0 aromatic carbocycles. The lowest BCUT2D eigenvalue weighted by Gasteiger charge is -1.85. The molecule has 0 saturated heterocycles. The maximum Gasteiger partial charge on any atom is 0.166 e. The molecule has 0 saturated carbocycles. The first kappa shape index (κ1) is 6.68. The van der Waals surface area contributed by atoms with E-state index in [1.807, 2.05) is 6.07 Å². The van der Waals surface area contributed by atoms with E-state index in [9.17, 15) is 0 Å². The minimum absolute atomic E-state index is 0.380. The summed E-state index contributed by atoms with van der Waals surface area (Å²) in [5.74, 6) is 0.542. The minimum Gasteiger partial charge on any atom is -0.463 e. The van der Waals surface area contributed by atoms with E-state index >= 15 is 0 Å². The van der Waals surface area contributed by atoms with E-state index < -0.39 is 0 Å². The monoisotopic (exact) mass is 160 g/mol. The van der Waals surface area contributed by atoms with Gasteiger partial charge in [-0.3, -0.25) is 0 Å². The van der Waals surface area contributed by atoms with Crippen LogP contribution in [0.3, 0.4) is 0 Å². The van der Waals surface area contributed by atoms with E-state index in [0.717, 1.165) is 0 Å². The molecule has 4 nitrogen and oxygen atoms in total. The first-order valence-electron chi connectivity index (χ1n) is 3.30. The SMILES string of the molecule is N#Cc1conc1-c1ccco1. The molecule has 2 rings (SSSR count). The average molecular weight is 160 g/mol. The van der Waals surface area contributed by atoms with Gasteiger partial charge >= 0.3 is 0 Å². The number of hydrogen-bond acceptors (Lipinski definition) is 4. The Hall–Kier alpha value is -2.02. The molecule has 2 heterocycles. The van der Waals surface area contributed by atoms with Crippen LogP contribution >= 0.6 is 0 Å². The fourth-order valence-corrected chi connectivity index (χ4v) is 0.907. The van der Waals surface area contributed by atoms with Gasteiger partial charge in [-0.2, -0.15) is 5.26 Å². The maximum atomic E-state index is 8.61. The molecule has 12 heavy (non-hydrogen) atoms. The van der Waals surface area contributed by atoms with Gasteiger partial charge in [0.2, 0.25) is 0 Å². The van der Waals surface area contributed by atoms with E-state index in [1.165, 1.54) is 12.5 Å². The van der Waals surface area contributed by atoms with E-state index in [4.69, 9.17) is 9.68 Å². The van der Waals surface area contributed by atoms with Crippen molar-refractivity contribution >= 4 is 0 Å². The summed E-state index contributed by atoms with van der Waals surface area (Å²) in [4.78, 5) is 0. The van der Waals surface area contributed by atoms with Gasteiger partial charge in [-0.1, -0.05) is 5.16 Å². The van der Waals surface area contributed by atoms with E-state index in [-0.39, 0.29) is 0 Å². The first-order chi connectivity index (χ1) is 5.92. The molecule has 0 aliphatic carbocycles. The Morgan fingerprint density at radius 3 is 3.08 bits per heavy atom. The Labute approximate surface area is 68.0 Å². The predicted octanol–water partition coefficient (Wildman–Crippen LogP) is 1.81. The van der Waals surface area contributed by atoms with Crippen LogP contribution in [-0.4, -0.2) is 5.16 Å². The highest BCUT2D eigenvalue weighted by molar-refractivity contribution is 5.59. The van der Waals surface area contributed by atoms with Gasteiger partial charge in [0.15, 0.2) is 11.5 Å². The van der Waals surface area contributed by atoms with Crippen molar-refractivity contribution in [1.82, 2.24) is 5.16 Å². The van der Waals surface area contributed by atoms with Gasteiger partial charge in [-0.25, -0.2) is 0 Å². The van der Waals surface area contributed by atoms with Crippen molar-refractivity contribution in [2.75, 3.05) is 0 Å². The van der Waals surface area contributed by atoms with E-state index in [1.54, 1.807) is 12.1 Å². The van der Waals surface area contributed by atoms with Crippen LogP contribution < -0.4 is 0 Å². The van der Waals surface area contributed by atoms with Gasteiger partial charge in [-0.15, -0.1) is 0 Å². The zero-order valence-corrected chi connectivity index (χ0v) is 6.02. The van der Waals surface area contributed by atoms with Gasteiger partial charge in [0, 0.05) is 0 Å². The van der Waals surface area contributed by atoms with Crippen molar-refractivity contribution in [3.8, 4) is 17.5 Å². The van der Waals surface area contributed by atoms with Crippen molar-refractivity contribution in [1.29, 1.82) is 5.26 Å². The van der Waals surface area contributed by atoms with Gasteiger partial charge in [0.25, 0.3) is 0 Å². The molecule has 0 unspecified atom stereocenters. The predicted molar refractivity (Wildman–Crippen MR) is 38.9 cm³/mol. The quantitative estimate of drug-likeness (QED) is 0.638. The van der Waals surface area contributed by atoms with Crippen LogP contribution in [0.1, 0.15) is 5.56 Å². The molecule has 0 spiro atoms. The summed E-state index contributed by atoms with van der Waals surface area (Å²) in [6, 6.07) is 5.40. The summed E-state index contributed by atoms with van der Waals surface area (Å²) in [5.41, 5.74) is 0.826. The molecular formula is C8H4N2O2. The average Bonchev–Trinajstić information content (AvgIpc) is 2.74. The summed E-state index contributed by atoms with van der Waals surface area (Å²) in [6.07, 6.45) is 2.81. The molecule has 0 bridgehead atoms. The van der Waals surface area contributed by atoms with E-state index in [0.29, 0.717) is 17.0 Å². The molecule has 0 aliphatic heterocycles. The third-order valence-electron chi connectivity index (χ3n) is 1.44. The smallest absolute Gasteiger partial charge is 0.166 e. The molecule has 0 amide bonds. The van der Waals surface area contributed by atoms with Crippen molar-refractivity contribution in [3.05, 3.63) is 30.2 Å².